The summed E-state index contributed by atoms with van der Waals surface area (Å²) < 4.78 is 16.7. The number of carbonyl (C=O) groups excluding carboxylic acids is 1. The van der Waals surface area contributed by atoms with Crippen molar-refractivity contribution in [2.45, 2.75) is 43.2 Å². The Balaban J connectivity index is 1.59. The maximum atomic E-state index is 12.6. The van der Waals surface area contributed by atoms with Crippen molar-refractivity contribution >= 4 is 5.78 Å². The Hall–Kier alpha value is -2.89. The summed E-state index contributed by atoms with van der Waals surface area (Å²) in [4.78, 5) is 12.6. The van der Waals surface area contributed by atoms with Crippen LogP contribution in [-0.4, -0.2) is 73.7 Å². The fraction of sp³-hybridized carbons (Fsp3) is 0.381. The maximum Gasteiger partial charge on any atom is 0.229 e. The number of rotatable bonds is 4. The van der Waals surface area contributed by atoms with Gasteiger partial charge in [-0.1, -0.05) is 12.1 Å². The second kappa shape index (κ2) is 8.33. The summed E-state index contributed by atoms with van der Waals surface area (Å²) in [5, 5.41) is 59.0. The van der Waals surface area contributed by atoms with Crippen molar-refractivity contribution in [3.63, 3.8) is 0 Å². The minimum Gasteiger partial charge on any atom is -0.508 e. The van der Waals surface area contributed by atoms with Gasteiger partial charge >= 0.3 is 0 Å². The van der Waals surface area contributed by atoms with Crippen LogP contribution in [0.2, 0.25) is 0 Å². The molecule has 2 aliphatic rings. The Morgan fingerprint density at radius 3 is 2.39 bits per heavy atom. The van der Waals surface area contributed by atoms with Gasteiger partial charge in [0, 0.05) is 12.1 Å². The van der Waals surface area contributed by atoms with E-state index in [-0.39, 0.29) is 35.0 Å². The highest BCUT2D eigenvalue weighted by Crippen LogP contribution is 2.42. The molecular weight excluding hydrogens is 412 g/mol. The fourth-order valence-corrected chi connectivity index (χ4v) is 3.66. The molecule has 0 aliphatic carbocycles. The van der Waals surface area contributed by atoms with Gasteiger partial charge in [0.2, 0.25) is 6.29 Å². The molecular formula is C21H22O10. The molecule has 0 radical (unpaired) electrons. The molecule has 10 heteroatoms. The van der Waals surface area contributed by atoms with Crippen LogP contribution in [0.4, 0.5) is 0 Å². The molecule has 0 bridgehead atoms. The number of phenols is 2. The molecule has 1 saturated heterocycles. The Kier molecular flexibility index (Phi) is 5.73. The molecule has 10 nitrogen and oxygen atoms in total. The van der Waals surface area contributed by atoms with Gasteiger partial charge in [0.15, 0.2) is 5.78 Å². The zero-order valence-corrected chi connectivity index (χ0v) is 16.2. The van der Waals surface area contributed by atoms with Gasteiger partial charge in [-0.3, -0.25) is 4.79 Å². The van der Waals surface area contributed by atoms with Gasteiger partial charge in [-0.15, -0.1) is 0 Å². The predicted octanol–water partition coefficient (Wildman–Crippen LogP) is -0.0170. The van der Waals surface area contributed by atoms with Crippen LogP contribution in [0.5, 0.6) is 23.0 Å². The molecule has 31 heavy (non-hydrogen) atoms. The summed E-state index contributed by atoms with van der Waals surface area (Å²) in [6.07, 6.45) is -8.09. The van der Waals surface area contributed by atoms with Crippen LogP contribution < -0.4 is 9.47 Å². The van der Waals surface area contributed by atoms with E-state index in [1.807, 2.05) is 0 Å². The molecule has 2 aromatic carbocycles. The Bertz CT molecular complexity index is 957. The third-order valence-corrected chi connectivity index (χ3v) is 5.34. The van der Waals surface area contributed by atoms with Crippen LogP contribution in [0.25, 0.3) is 0 Å². The zero-order chi connectivity index (χ0) is 22.3. The molecule has 2 aliphatic heterocycles. The van der Waals surface area contributed by atoms with Crippen molar-refractivity contribution in [2.75, 3.05) is 6.61 Å². The molecule has 0 spiro atoms. The molecule has 6 atom stereocenters. The molecule has 2 heterocycles. The monoisotopic (exact) mass is 434 g/mol. The molecule has 2 aromatic rings. The van der Waals surface area contributed by atoms with Crippen molar-refractivity contribution in [2.24, 2.45) is 0 Å². The number of fused-ring (bicyclic) bond motifs is 1. The van der Waals surface area contributed by atoms with Gasteiger partial charge in [0.25, 0.3) is 0 Å². The van der Waals surface area contributed by atoms with E-state index in [9.17, 15) is 35.4 Å². The number of carbonyl (C=O) groups is 1. The zero-order valence-electron chi connectivity index (χ0n) is 16.2. The lowest BCUT2D eigenvalue weighted by Gasteiger charge is -2.39. The average Bonchev–Trinajstić information content (AvgIpc) is 2.74. The fourth-order valence-electron chi connectivity index (χ4n) is 3.66. The van der Waals surface area contributed by atoms with Crippen molar-refractivity contribution in [1.29, 1.82) is 0 Å². The summed E-state index contributed by atoms with van der Waals surface area (Å²) in [6, 6.07) is 8.64. The first-order valence-corrected chi connectivity index (χ1v) is 9.61. The number of ketones is 1. The topological polar surface area (TPSA) is 166 Å². The van der Waals surface area contributed by atoms with Crippen LogP contribution in [0.15, 0.2) is 36.4 Å². The molecule has 166 valence electrons. The van der Waals surface area contributed by atoms with E-state index in [2.05, 4.69) is 0 Å². The minimum absolute atomic E-state index is 0.0156. The Labute approximate surface area is 176 Å². The normalized spacial score (nSPS) is 30.4. The van der Waals surface area contributed by atoms with E-state index in [0.717, 1.165) is 6.07 Å². The van der Waals surface area contributed by atoms with Gasteiger partial charge < -0.3 is 44.8 Å². The lowest BCUT2D eigenvalue weighted by atomic mass is 9.95. The summed E-state index contributed by atoms with van der Waals surface area (Å²) in [5.41, 5.74) is 0.632. The summed E-state index contributed by atoms with van der Waals surface area (Å²) >= 11 is 0. The van der Waals surface area contributed by atoms with E-state index in [4.69, 9.17) is 14.2 Å². The molecule has 0 aromatic heterocycles. The highest BCUT2D eigenvalue weighted by Gasteiger charge is 2.45. The van der Waals surface area contributed by atoms with E-state index < -0.39 is 49.2 Å². The molecule has 4 rings (SSSR count). The quantitative estimate of drug-likeness (QED) is 0.385. The van der Waals surface area contributed by atoms with Crippen molar-refractivity contribution < 1.29 is 49.6 Å². The molecule has 0 amide bonds. The van der Waals surface area contributed by atoms with Crippen LogP contribution in [0.1, 0.15) is 28.4 Å². The van der Waals surface area contributed by atoms with Crippen LogP contribution in [-0.2, 0) is 4.74 Å². The smallest absolute Gasteiger partial charge is 0.229 e. The second-order valence-corrected chi connectivity index (χ2v) is 7.46. The number of aliphatic hydroxyl groups excluding tert-OH is 4. The standard InChI is InChI=1S/C21H22O10/c22-8-16-18(26)19(27)20(28)21(31-16)29-11-5-12(24)17-13(25)7-14(30-15(17)6-11)9-1-3-10(23)4-2-9/h1-6,14,16,18-24,26-28H,7-8H2/t14-,16-,18-,19-,20-,21-/m1/s1. The summed E-state index contributed by atoms with van der Waals surface area (Å²) in [6.45, 7) is -0.619. The number of hydrogen-bond acceptors (Lipinski definition) is 10. The van der Waals surface area contributed by atoms with E-state index in [0.29, 0.717) is 5.56 Å². The Morgan fingerprint density at radius 1 is 1.00 bits per heavy atom. The molecule has 1 fully saturated rings. The molecule has 0 unspecified atom stereocenters. The van der Waals surface area contributed by atoms with Gasteiger partial charge in [-0.05, 0) is 17.7 Å². The third-order valence-electron chi connectivity index (χ3n) is 5.34. The van der Waals surface area contributed by atoms with Crippen molar-refractivity contribution in [3.8, 4) is 23.0 Å². The lowest BCUT2D eigenvalue weighted by molar-refractivity contribution is -0.277. The van der Waals surface area contributed by atoms with E-state index in [1.54, 1.807) is 12.1 Å². The maximum absolute atomic E-state index is 12.6. The molecule has 0 saturated carbocycles. The lowest BCUT2D eigenvalue weighted by Crippen LogP contribution is -2.60. The average molecular weight is 434 g/mol. The highest BCUT2D eigenvalue weighted by atomic mass is 16.7. The van der Waals surface area contributed by atoms with Crippen LogP contribution in [0, 0.1) is 0 Å². The number of phenolic OH excluding ortho intramolecular Hbond substituents is 2. The van der Waals surface area contributed by atoms with Crippen LogP contribution >= 0.6 is 0 Å². The first-order valence-electron chi connectivity index (χ1n) is 9.61. The van der Waals surface area contributed by atoms with Crippen molar-refractivity contribution in [1.82, 2.24) is 0 Å². The molecule has 6 N–H and O–H groups in total. The van der Waals surface area contributed by atoms with Gasteiger partial charge in [0.1, 0.15) is 59.1 Å². The third kappa shape index (κ3) is 4.03. The number of benzene rings is 2. The number of aliphatic hydroxyl groups is 4. The number of ether oxygens (including phenoxy) is 3. The van der Waals surface area contributed by atoms with Gasteiger partial charge in [-0.25, -0.2) is 0 Å². The number of Topliss-reactive ketones (excluding diaryl/α,β-unsaturated/α-hetero) is 1. The highest BCUT2D eigenvalue weighted by molar-refractivity contribution is 6.02. The largest absolute Gasteiger partial charge is 0.508 e. The second-order valence-electron chi connectivity index (χ2n) is 7.46. The number of hydrogen-bond donors (Lipinski definition) is 6. The van der Waals surface area contributed by atoms with Gasteiger partial charge in [-0.2, -0.15) is 0 Å². The Morgan fingerprint density at radius 2 is 1.71 bits per heavy atom. The summed E-state index contributed by atoms with van der Waals surface area (Å²) in [5.74, 6) is -0.657. The van der Waals surface area contributed by atoms with E-state index >= 15 is 0 Å². The van der Waals surface area contributed by atoms with Gasteiger partial charge in [0.05, 0.1) is 13.0 Å². The summed E-state index contributed by atoms with van der Waals surface area (Å²) in [7, 11) is 0. The van der Waals surface area contributed by atoms with Crippen LogP contribution in [0.3, 0.4) is 0 Å². The number of aromatic hydroxyl groups is 2. The van der Waals surface area contributed by atoms with Crippen molar-refractivity contribution in [3.05, 3.63) is 47.5 Å². The minimum atomic E-state index is -1.64. The SMILES string of the molecule is O=C1C[C@H](c2ccc(O)cc2)Oc2cc(O[C@@H]3O[C@H](CO)[C@@H](O)[C@@H](O)[C@H]3O)cc(O)c21. The first-order chi connectivity index (χ1) is 14.8. The van der Waals surface area contributed by atoms with E-state index in [1.165, 1.54) is 18.2 Å². The predicted molar refractivity (Wildman–Crippen MR) is 103 cm³/mol. The first kappa shape index (κ1) is 21.3.